The molecule has 0 saturated heterocycles. The van der Waals surface area contributed by atoms with Crippen LogP contribution in [0, 0.1) is 0 Å². The summed E-state index contributed by atoms with van der Waals surface area (Å²) in [4.78, 5) is 21.1. The number of fused-ring (bicyclic) bond motifs is 1. The van der Waals surface area contributed by atoms with Gasteiger partial charge < -0.3 is 0 Å². The number of para-hydroxylation sites is 1. The third kappa shape index (κ3) is 3.21. The van der Waals surface area contributed by atoms with E-state index in [1.165, 1.54) is 18.1 Å². The topological polar surface area (TPSA) is 60.7 Å². The molecule has 0 unspecified atom stereocenters. The van der Waals surface area contributed by atoms with Crippen LogP contribution in [0.25, 0.3) is 16.7 Å². The predicted molar refractivity (Wildman–Crippen MR) is 103 cm³/mol. The van der Waals surface area contributed by atoms with Crippen LogP contribution in [-0.2, 0) is 0 Å². The van der Waals surface area contributed by atoms with Gasteiger partial charge >= 0.3 is 0 Å². The van der Waals surface area contributed by atoms with E-state index in [0.717, 1.165) is 16.1 Å². The normalized spacial score (nSPS) is 11.0. The smallest absolute Gasteiger partial charge is 0.174 e. The first-order valence-corrected chi connectivity index (χ1v) is 9.25. The summed E-state index contributed by atoms with van der Waals surface area (Å²) in [5.41, 5.74) is 2.15. The number of carbonyl (C=O) groups is 1. The van der Waals surface area contributed by atoms with Crippen LogP contribution in [0.1, 0.15) is 10.4 Å². The second kappa shape index (κ2) is 7.27. The van der Waals surface area contributed by atoms with Crippen molar-refractivity contribution in [3.63, 3.8) is 0 Å². The summed E-state index contributed by atoms with van der Waals surface area (Å²) >= 11 is 7.46. The molecule has 0 radical (unpaired) electrons. The van der Waals surface area contributed by atoms with E-state index in [9.17, 15) is 4.79 Å². The number of nitrogens with zero attached hydrogens (tertiary/aromatic N) is 4. The fourth-order valence-corrected chi connectivity index (χ4v) is 3.68. The molecule has 0 spiro atoms. The van der Waals surface area contributed by atoms with E-state index in [0.29, 0.717) is 16.2 Å². The number of carbonyl (C=O) groups excluding carboxylic acids is 1. The van der Waals surface area contributed by atoms with Crippen LogP contribution in [0.15, 0.2) is 72.1 Å². The predicted octanol–water partition coefficient (Wildman–Crippen LogP) is 4.44. The van der Waals surface area contributed by atoms with Crippen molar-refractivity contribution in [3.8, 4) is 5.69 Å². The average Bonchev–Trinajstić information content (AvgIpc) is 3.12. The molecule has 0 bridgehead atoms. The maximum Gasteiger partial charge on any atom is 0.174 e. The lowest BCUT2D eigenvalue weighted by molar-refractivity contribution is 0.102. The Labute approximate surface area is 159 Å². The summed E-state index contributed by atoms with van der Waals surface area (Å²) in [6.07, 6.45) is 3.22. The largest absolute Gasteiger partial charge is 0.293 e. The van der Waals surface area contributed by atoms with Gasteiger partial charge in [0, 0.05) is 5.56 Å². The summed E-state index contributed by atoms with van der Waals surface area (Å²) in [5, 5.41) is 6.41. The number of benzene rings is 2. The molecule has 5 nitrogen and oxygen atoms in total. The number of Topliss-reactive ketones (excluding diaryl/α,β-unsaturated/α-hetero) is 1. The van der Waals surface area contributed by atoms with E-state index in [-0.39, 0.29) is 11.5 Å². The maximum atomic E-state index is 12.4. The van der Waals surface area contributed by atoms with Gasteiger partial charge in [0.1, 0.15) is 11.4 Å². The lowest BCUT2D eigenvalue weighted by Crippen LogP contribution is -2.03. The number of hydrogen-bond donors (Lipinski definition) is 0. The molecule has 2 aromatic carbocycles. The summed E-state index contributed by atoms with van der Waals surface area (Å²) in [7, 11) is 0. The second-order valence-electron chi connectivity index (χ2n) is 5.50. The SMILES string of the molecule is O=C(CSc1ncnc2c1cnn2-c1ccccc1)c1ccccc1Cl. The minimum Gasteiger partial charge on any atom is -0.293 e. The number of aromatic nitrogens is 4. The van der Waals surface area contributed by atoms with Crippen molar-refractivity contribution in [1.29, 1.82) is 0 Å². The molecule has 26 heavy (non-hydrogen) atoms. The van der Waals surface area contributed by atoms with Crippen molar-refractivity contribution in [1.82, 2.24) is 19.7 Å². The van der Waals surface area contributed by atoms with Crippen LogP contribution < -0.4 is 0 Å². The first-order chi connectivity index (χ1) is 12.7. The zero-order valence-corrected chi connectivity index (χ0v) is 15.1. The molecule has 2 heterocycles. The quantitative estimate of drug-likeness (QED) is 0.291. The third-order valence-corrected chi connectivity index (χ3v) is 5.18. The fourth-order valence-electron chi connectivity index (χ4n) is 2.59. The molecule has 0 aliphatic rings. The van der Waals surface area contributed by atoms with Gasteiger partial charge in [-0.05, 0) is 24.3 Å². The monoisotopic (exact) mass is 380 g/mol. The summed E-state index contributed by atoms with van der Waals surface area (Å²) in [6, 6.07) is 16.8. The molecule has 4 rings (SSSR count). The van der Waals surface area contributed by atoms with Crippen molar-refractivity contribution < 1.29 is 4.79 Å². The van der Waals surface area contributed by atoms with Crippen molar-refractivity contribution >= 4 is 40.2 Å². The van der Waals surface area contributed by atoms with Crippen molar-refractivity contribution in [2.24, 2.45) is 0 Å². The van der Waals surface area contributed by atoms with E-state index in [1.54, 1.807) is 35.1 Å². The van der Waals surface area contributed by atoms with Crippen molar-refractivity contribution in [3.05, 3.63) is 77.7 Å². The highest BCUT2D eigenvalue weighted by molar-refractivity contribution is 8.00. The Morgan fingerprint density at radius 1 is 1.04 bits per heavy atom. The molecule has 2 aromatic heterocycles. The Morgan fingerprint density at radius 2 is 1.81 bits per heavy atom. The maximum absolute atomic E-state index is 12.4. The Hall–Kier alpha value is -2.70. The van der Waals surface area contributed by atoms with Crippen molar-refractivity contribution in [2.75, 3.05) is 5.75 Å². The highest BCUT2D eigenvalue weighted by atomic mass is 35.5. The summed E-state index contributed by atoms with van der Waals surface area (Å²) in [5.74, 6) is 0.203. The van der Waals surface area contributed by atoms with Gasteiger partial charge in [0.2, 0.25) is 0 Å². The molecule has 4 aromatic rings. The van der Waals surface area contributed by atoms with E-state index < -0.39 is 0 Å². The molecular weight excluding hydrogens is 368 g/mol. The zero-order valence-electron chi connectivity index (χ0n) is 13.5. The second-order valence-corrected chi connectivity index (χ2v) is 6.87. The highest BCUT2D eigenvalue weighted by Gasteiger charge is 2.15. The van der Waals surface area contributed by atoms with Crippen LogP contribution in [0.5, 0.6) is 0 Å². The molecule has 0 atom stereocenters. The van der Waals surface area contributed by atoms with Crippen LogP contribution in [0.3, 0.4) is 0 Å². The minimum atomic E-state index is -0.0391. The molecule has 0 fully saturated rings. The Kier molecular flexibility index (Phi) is 4.69. The van der Waals surface area contributed by atoms with E-state index in [2.05, 4.69) is 15.1 Å². The number of rotatable bonds is 5. The van der Waals surface area contributed by atoms with Crippen molar-refractivity contribution in [2.45, 2.75) is 5.03 Å². The Morgan fingerprint density at radius 3 is 2.62 bits per heavy atom. The average molecular weight is 381 g/mol. The molecule has 0 aliphatic carbocycles. The van der Waals surface area contributed by atoms with Crippen LogP contribution >= 0.6 is 23.4 Å². The highest BCUT2D eigenvalue weighted by Crippen LogP contribution is 2.27. The van der Waals surface area contributed by atoms with Gasteiger partial charge in [-0.2, -0.15) is 5.10 Å². The molecular formula is C19H13ClN4OS. The van der Waals surface area contributed by atoms with E-state index in [4.69, 9.17) is 11.6 Å². The van der Waals surface area contributed by atoms with Gasteiger partial charge in [0.15, 0.2) is 11.4 Å². The number of hydrogen-bond acceptors (Lipinski definition) is 5. The molecule has 0 amide bonds. The van der Waals surface area contributed by atoms with E-state index >= 15 is 0 Å². The summed E-state index contributed by atoms with van der Waals surface area (Å²) < 4.78 is 1.76. The third-order valence-electron chi connectivity index (χ3n) is 3.84. The van der Waals surface area contributed by atoms with Gasteiger partial charge in [-0.3, -0.25) is 4.79 Å². The van der Waals surface area contributed by atoms with Gasteiger partial charge in [-0.25, -0.2) is 14.6 Å². The lowest BCUT2D eigenvalue weighted by atomic mass is 10.1. The molecule has 0 aliphatic heterocycles. The number of ketones is 1. The van der Waals surface area contributed by atoms with Crippen LogP contribution in [0.4, 0.5) is 0 Å². The van der Waals surface area contributed by atoms with Gasteiger partial charge in [0.25, 0.3) is 0 Å². The standard InChI is InChI=1S/C19H13ClN4OS/c20-16-9-5-4-8-14(16)17(25)11-26-19-15-10-23-24(18(15)21-12-22-19)13-6-2-1-3-7-13/h1-10,12H,11H2. The first-order valence-electron chi connectivity index (χ1n) is 7.89. The number of thioether (sulfide) groups is 1. The minimum absolute atomic E-state index is 0.0391. The van der Waals surface area contributed by atoms with Gasteiger partial charge in [-0.1, -0.05) is 53.7 Å². The molecule has 128 valence electrons. The zero-order chi connectivity index (χ0) is 17.9. The summed E-state index contributed by atoms with van der Waals surface area (Å²) in [6.45, 7) is 0. The molecule has 0 N–H and O–H groups in total. The van der Waals surface area contributed by atoms with Crippen LogP contribution in [0.2, 0.25) is 5.02 Å². The fraction of sp³-hybridized carbons (Fsp3) is 0.0526. The Bertz CT molecular complexity index is 1080. The number of halogens is 1. The molecule has 7 heteroatoms. The van der Waals surface area contributed by atoms with E-state index in [1.807, 2.05) is 30.3 Å². The lowest BCUT2D eigenvalue weighted by Gasteiger charge is -2.05. The van der Waals surface area contributed by atoms with Gasteiger partial charge in [0.05, 0.1) is 28.0 Å². The van der Waals surface area contributed by atoms with Gasteiger partial charge in [-0.15, -0.1) is 0 Å². The first kappa shape index (κ1) is 16.8. The molecule has 0 saturated carbocycles. The van der Waals surface area contributed by atoms with Crippen LogP contribution in [-0.4, -0.2) is 31.3 Å². The Balaban J connectivity index is 1.61.